The van der Waals surface area contributed by atoms with E-state index in [0.717, 1.165) is 29.3 Å². The van der Waals surface area contributed by atoms with Crippen LogP contribution in [0.15, 0.2) is 33.7 Å². The van der Waals surface area contributed by atoms with Crippen LogP contribution in [0.4, 0.5) is 0 Å². The molecule has 0 atom stereocenters. The lowest BCUT2D eigenvalue weighted by Gasteiger charge is -2.12. The van der Waals surface area contributed by atoms with E-state index in [4.69, 9.17) is 9.47 Å². The molecular formula is C14H22BrN3O2. The number of nitrogens with zero attached hydrogens (tertiary/aromatic N) is 1. The predicted molar refractivity (Wildman–Crippen MR) is 85.5 cm³/mol. The van der Waals surface area contributed by atoms with E-state index in [9.17, 15) is 0 Å². The molecule has 0 amide bonds. The Hall–Kier alpha value is -1.27. The van der Waals surface area contributed by atoms with E-state index in [1.165, 1.54) is 0 Å². The zero-order valence-electron chi connectivity index (χ0n) is 12.0. The van der Waals surface area contributed by atoms with Crippen LogP contribution in [0.1, 0.15) is 6.92 Å². The van der Waals surface area contributed by atoms with Gasteiger partial charge in [-0.3, -0.25) is 4.99 Å². The molecule has 20 heavy (non-hydrogen) atoms. The maximum atomic E-state index is 5.61. The van der Waals surface area contributed by atoms with Crippen LogP contribution in [-0.2, 0) is 4.74 Å². The van der Waals surface area contributed by atoms with Gasteiger partial charge in [-0.2, -0.15) is 0 Å². The van der Waals surface area contributed by atoms with Gasteiger partial charge in [0.25, 0.3) is 0 Å². The summed E-state index contributed by atoms with van der Waals surface area (Å²) in [6.45, 7) is 5.38. The fourth-order valence-electron chi connectivity index (χ4n) is 1.48. The highest BCUT2D eigenvalue weighted by atomic mass is 79.9. The molecule has 0 saturated carbocycles. The van der Waals surface area contributed by atoms with Gasteiger partial charge in [0.15, 0.2) is 5.96 Å². The lowest BCUT2D eigenvalue weighted by Crippen LogP contribution is -2.40. The van der Waals surface area contributed by atoms with Gasteiger partial charge in [-0.1, -0.05) is 15.9 Å². The summed E-state index contributed by atoms with van der Waals surface area (Å²) in [7, 11) is 1.74. The number of nitrogens with one attached hydrogen (secondary N) is 2. The van der Waals surface area contributed by atoms with Crippen LogP contribution in [0, 0.1) is 0 Å². The summed E-state index contributed by atoms with van der Waals surface area (Å²) in [5.41, 5.74) is 0. The van der Waals surface area contributed by atoms with Crippen LogP contribution in [-0.4, -0.2) is 45.9 Å². The van der Waals surface area contributed by atoms with E-state index in [1.54, 1.807) is 7.05 Å². The smallest absolute Gasteiger partial charge is 0.191 e. The van der Waals surface area contributed by atoms with Crippen LogP contribution in [0.3, 0.4) is 0 Å². The van der Waals surface area contributed by atoms with Gasteiger partial charge in [0.2, 0.25) is 0 Å². The molecule has 0 fully saturated rings. The minimum absolute atomic E-state index is 0.577. The Labute approximate surface area is 128 Å². The van der Waals surface area contributed by atoms with Crippen LogP contribution in [0.5, 0.6) is 5.75 Å². The van der Waals surface area contributed by atoms with Gasteiger partial charge < -0.3 is 20.1 Å². The highest BCUT2D eigenvalue weighted by Gasteiger charge is 1.97. The number of benzene rings is 1. The number of hydrogen-bond acceptors (Lipinski definition) is 3. The Bertz CT molecular complexity index is 396. The molecule has 0 heterocycles. The molecule has 1 aromatic carbocycles. The Morgan fingerprint density at radius 3 is 2.40 bits per heavy atom. The van der Waals surface area contributed by atoms with E-state index in [1.807, 2.05) is 31.2 Å². The van der Waals surface area contributed by atoms with Crippen LogP contribution < -0.4 is 15.4 Å². The molecule has 0 aliphatic carbocycles. The zero-order valence-corrected chi connectivity index (χ0v) is 13.6. The van der Waals surface area contributed by atoms with E-state index in [-0.39, 0.29) is 0 Å². The van der Waals surface area contributed by atoms with E-state index in [0.29, 0.717) is 19.8 Å². The van der Waals surface area contributed by atoms with Crippen molar-refractivity contribution in [3.05, 3.63) is 28.7 Å². The third kappa shape index (κ3) is 7.35. The van der Waals surface area contributed by atoms with Gasteiger partial charge in [-0.05, 0) is 31.2 Å². The third-order valence-electron chi connectivity index (χ3n) is 2.44. The first-order valence-electron chi connectivity index (χ1n) is 6.67. The summed E-state index contributed by atoms with van der Waals surface area (Å²) in [6.07, 6.45) is 0. The van der Waals surface area contributed by atoms with Crippen molar-refractivity contribution in [1.82, 2.24) is 10.6 Å². The van der Waals surface area contributed by atoms with Gasteiger partial charge in [-0.25, -0.2) is 0 Å². The lowest BCUT2D eigenvalue weighted by atomic mass is 10.3. The lowest BCUT2D eigenvalue weighted by molar-refractivity contribution is 0.152. The molecule has 0 spiro atoms. The van der Waals surface area contributed by atoms with Gasteiger partial charge in [-0.15, -0.1) is 0 Å². The van der Waals surface area contributed by atoms with Crippen molar-refractivity contribution in [3.63, 3.8) is 0 Å². The molecule has 5 nitrogen and oxygen atoms in total. The maximum absolute atomic E-state index is 5.61. The number of aliphatic imine (C=N–C) groups is 1. The quantitative estimate of drug-likeness (QED) is 0.430. The molecule has 1 aromatic rings. The summed E-state index contributed by atoms with van der Waals surface area (Å²) in [4.78, 5) is 4.12. The number of ether oxygens (including phenoxy) is 2. The molecule has 112 valence electrons. The van der Waals surface area contributed by atoms with Crippen LogP contribution in [0.25, 0.3) is 0 Å². The summed E-state index contributed by atoms with van der Waals surface area (Å²) >= 11 is 3.39. The van der Waals surface area contributed by atoms with Gasteiger partial charge in [0.1, 0.15) is 12.4 Å². The highest BCUT2D eigenvalue weighted by molar-refractivity contribution is 9.10. The van der Waals surface area contributed by atoms with Gasteiger partial charge >= 0.3 is 0 Å². The topological polar surface area (TPSA) is 54.9 Å². The summed E-state index contributed by atoms with van der Waals surface area (Å²) in [5, 5.41) is 6.34. The molecule has 0 unspecified atom stereocenters. The molecule has 2 N–H and O–H groups in total. The molecule has 0 aromatic heterocycles. The second-order valence-electron chi connectivity index (χ2n) is 3.93. The first kappa shape index (κ1) is 16.8. The largest absolute Gasteiger partial charge is 0.492 e. The second-order valence-corrected chi connectivity index (χ2v) is 4.84. The Morgan fingerprint density at radius 1 is 1.15 bits per heavy atom. The number of hydrogen-bond donors (Lipinski definition) is 2. The van der Waals surface area contributed by atoms with Crippen molar-refractivity contribution >= 4 is 21.9 Å². The summed E-state index contributed by atoms with van der Waals surface area (Å²) in [6, 6.07) is 7.77. The molecule has 0 aliphatic rings. The normalized spacial score (nSPS) is 11.2. The first-order valence-corrected chi connectivity index (χ1v) is 7.46. The SMILES string of the molecule is CCOCCNC(=NC)NCCOc1ccc(Br)cc1. The second kappa shape index (κ2) is 10.5. The van der Waals surface area contributed by atoms with Crippen molar-refractivity contribution in [1.29, 1.82) is 0 Å². The monoisotopic (exact) mass is 343 g/mol. The molecule has 0 aliphatic heterocycles. The van der Waals surface area contributed by atoms with Crippen molar-refractivity contribution in [2.24, 2.45) is 4.99 Å². The third-order valence-corrected chi connectivity index (χ3v) is 2.97. The molecule has 0 radical (unpaired) electrons. The molecule has 6 heteroatoms. The van der Waals surface area contributed by atoms with Crippen molar-refractivity contribution in [2.75, 3.05) is 40.0 Å². The van der Waals surface area contributed by atoms with Gasteiger partial charge in [0.05, 0.1) is 13.2 Å². The highest BCUT2D eigenvalue weighted by Crippen LogP contribution is 2.15. The fraction of sp³-hybridized carbons (Fsp3) is 0.500. The zero-order chi connectivity index (χ0) is 14.6. The Morgan fingerprint density at radius 2 is 1.80 bits per heavy atom. The molecular weight excluding hydrogens is 322 g/mol. The van der Waals surface area contributed by atoms with Crippen LogP contribution >= 0.6 is 15.9 Å². The van der Waals surface area contributed by atoms with E-state index >= 15 is 0 Å². The Kier molecular flexibility index (Phi) is 8.82. The summed E-state index contributed by atoms with van der Waals surface area (Å²) in [5.74, 6) is 1.61. The number of rotatable bonds is 8. The minimum Gasteiger partial charge on any atom is -0.492 e. The van der Waals surface area contributed by atoms with Crippen LogP contribution in [0.2, 0.25) is 0 Å². The van der Waals surface area contributed by atoms with Crippen molar-refractivity contribution in [2.45, 2.75) is 6.92 Å². The fourth-order valence-corrected chi connectivity index (χ4v) is 1.74. The Balaban J connectivity index is 2.13. The molecule has 0 bridgehead atoms. The predicted octanol–water partition coefficient (Wildman–Crippen LogP) is 2.03. The summed E-state index contributed by atoms with van der Waals surface area (Å²) < 4.78 is 11.9. The molecule has 0 saturated heterocycles. The standard InChI is InChI=1S/C14H22BrN3O2/c1-3-19-10-8-17-14(16-2)18-9-11-20-13-6-4-12(15)5-7-13/h4-7H,3,8-11H2,1-2H3,(H2,16,17,18). The van der Waals surface area contributed by atoms with Crippen molar-refractivity contribution in [3.8, 4) is 5.75 Å². The minimum atomic E-state index is 0.577. The number of guanidine groups is 1. The van der Waals surface area contributed by atoms with E-state index in [2.05, 4.69) is 31.6 Å². The average molecular weight is 344 g/mol. The number of halogens is 1. The molecule has 1 rings (SSSR count). The van der Waals surface area contributed by atoms with Gasteiger partial charge in [0, 0.05) is 24.7 Å². The van der Waals surface area contributed by atoms with E-state index < -0.39 is 0 Å². The van der Waals surface area contributed by atoms with Crippen molar-refractivity contribution < 1.29 is 9.47 Å². The first-order chi connectivity index (χ1) is 9.76. The average Bonchev–Trinajstić information content (AvgIpc) is 2.47. The maximum Gasteiger partial charge on any atom is 0.191 e.